The summed E-state index contributed by atoms with van der Waals surface area (Å²) in [6.45, 7) is 6.23. The Kier molecular flexibility index (Phi) is 8.16. The van der Waals surface area contributed by atoms with Crippen molar-refractivity contribution in [3.05, 3.63) is 33.6 Å². The van der Waals surface area contributed by atoms with Crippen LogP contribution >= 0.6 is 46.7 Å². The maximum Gasteiger partial charge on any atom is 0.434 e. The lowest BCUT2D eigenvalue weighted by molar-refractivity contribution is -0.140. The Morgan fingerprint density at radius 1 is 1.26 bits per heavy atom. The number of anilines is 1. The van der Waals surface area contributed by atoms with E-state index in [-0.39, 0.29) is 30.5 Å². The fourth-order valence-corrected chi connectivity index (χ4v) is 4.18. The van der Waals surface area contributed by atoms with Gasteiger partial charge in [-0.05, 0) is 24.4 Å². The van der Waals surface area contributed by atoms with Gasteiger partial charge < -0.3 is 15.1 Å². The van der Waals surface area contributed by atoms with Gasteiger partial charge in [0.1, 0.15) is 5.01 Å². The minimum absolute atomic E-state index is 0. The zero-order valence-electron chi connectivity index (χ0n) is 14.7. The molecule has 5 nitrogen and oxygen atoms in total. The van der Waals surface area contributed by atoms with Gasteiger partial charge in [-0.25, -0.2) is 9.98 Å². The van der Waals surface area contributed by atoms with E-state index in [9.17, 15) is 13.2 Å². The van der Waals surface area contributed by atoms with Crippen LogP contribution in [0, 0.1) is 0 Å². The number of hydrogen-bond donors (Lipinski definition) is 1. The second-order valence-corrected chi connectivity index (χ2v) is 7.59. The average molecular weight is 531 g/mol. The van der Waals surface area contributed by atoms with E-state index < -0.39 is 11.9 Å². The van der Waals surface area contributed by atoms with Crippen molar-refractivity contribution >= 4 is 57.6 Å². The number of thiophene rings is 1. The summed E-state index contributed by atoms with van der Waals surface area (Å²) < 4.78 is 37.9. The van der Waals surface area contributed by atoms with Crippen molar-refractivity contribution in [3.63, 3.8) is 0 Å². The molecule has 0 radical (unpaired) electrons. The summed E-state index contributed by atoms with van der Waals surface area (Å²) in [5.41, 5.74) is -0.845. The van der Waals surface area contributed by atoms with Crippen LogP contribution in [-0.4, -0.2) is 48.6 Å². The molecule has 1 aliphatic rings. The van der Waals surface area contributed by atoms with Crippen LogP contribution in [-0.2, 0) is 12.7 Å². The minimum Gasteiger partial charge on any atom is -0.360 e. The van der Waals surface area contributed by atoms with E-state index >= 15 is 0 Å². The van der Waals surface area contributed by atoms with Gasteiger partial charge >= 0.3 is 6.18 Å². The number of guanidine groups is 1. The average Bonchev–Trinajstić information content (AvgIpc) is 3.30. The van der Waals surface area contributed by atoms with Crippen molar-refractivity contribution in [1.29, 1.82) is 0 Å². The third kappa shape index (κ3) is 5.95. The molecule has 0 spiro atoms. The van der Waals surface area contributed by atoms with Crippen molar-refractivity contribution in [2.24, 2.45) is 4.99 Å². The number of hydrogen-bond acceptors (Lipinski definition) is 5. The van der Waals surface area contributed by atoms with Gasteiger partial charge in [-0.2, -0.15) is 13.2 Å². The molecule has 1 aliphatic heterocycles. The quantitative estimate of drug-likeness (QED) is 0.366. The molecule has 2 aromatic heterocycles. The molecular weight excluding hydrogens is 510 g/mol. The van der Waals surface area contributed by atoms with Crippen LogP contribution in [0.2, 0.25) is 0 Å². The molecule has 2 aromatic rings. The van der Waals surface area contributed by atoms with Gasteiger partial charge in [-0.3, -0.25) is 0 Å². The van der Waals surface area contributed by atoms with Gasteiger partial charge in [0.05, 0.1) is 11.5 Å². The molecule has 0 amide bonds. The van der Waals surface area contributed by atoms with E-state index in [0.717, 1.165) is 48.9 Å². The number of alkyl halides is 3. The molecule has 0 bridgehead atoms. The number of piperazine rings is 1. The largest absolute Gasteiger partial charge is 0.434 e. The second-order valence-electron chi connectivity index (χ2n) is 5.72. The first-order chi connectivity index (χ1) is 12.5. The standard InChI is InChI=1S/C16H20F3N5S2.HI/c1-2-20-15(21-10-13-22-12(11-26-13)16(17,18)19)24-7-5-23(6-8-24)14-4-3-9-25-14;/h3-4,9,11H,2,5-8,10H2,1H3,(H,20,21);1H. The number of aliphatic imine (C=N–C) groups is 1. The number of aromatic nitrogens is 1. The highest BCUT2D eigenvalue weighted by Gasteiger charge is 2.33. The van der Waals surface area contributed by atoms with E-state index in [4.69, 9.17) is 0 Å². The summed E-state index contributed by atoms with van der Waals surface area (Å²) in [6, 6.07) is 4.15. The van der Waals surface area contributed by atoms with Crippen molar-refractivity contribution < 1.29 is 13.2 Å². The van der Waals surface area contributed by atoms with Crippen molar-refractivity contribution in [2.45, 2.75) is 19.6 Å². The molecule has 0 aliphatic carbocycles. The van der Waals surface area contributed by atoms with Crippen LogP contribution in [0.3, 0.4) is 0 Å². The van der Waals surface area contributed by atoms with Gasteiger partial charge in [0.15, 0.2) is 11.7 Å². The van der Waals surface area contributed by atoms with Crippen LogP contribution in [0.25, 0.3) is 0 Å². The maximum atomic E-state index is 12.6. The molecule has 0 aromatic carbocycles. The highest BCUT2D eigenvalue weighted by atomic mass is 127. The van der Waals surface area contributed by atoms with Gasteiger partial charge in [0, 0.05) is 38.1 Å². The number of rotatable bonds is 4. The first-order valence-electron chi connectivity index (χ1n) is 8.30. The van der Waals surface area contributed by atoms with Crippen LogP contribution in [0.5, 0.6) is 0 Å². The molecule has 0 unspecified atom stereocenters. The first-order valence-corrected chi connectivity index (χ1v) is 10.1. The lowest BCUT2D eigenvalue weighted by Gasteiger charge is -2.37. The molecule has 1 N–H and O–H groups in total. The summed E-state index contributed by atoms with van der Waals surface area (Å²) in [5, 5.41) is 7.95. The zero-order chi connectivity index (χ0) is 18.6. The fraction of sp³-hybridized carbons (Fsp3) is 0.500. The molecule has 3 heterocycles. The van der Waals surface area contributed by atoms with Crippen LogP contribution in [0.4, 0.5) is 18.2 Å². The van der Waals surface area contributed by atoms with Crippen LogP contribution < -0.4 is 10.2 Å². The monoisotopic (exact) mass is 531 g/mol. The topological polar surface area (TPSA) is 43.8 Å². The number of halogens is 4. The zero-order valence-corrected chi connectivity index (χ0v) is 18.7. The van der Waals surface area contributed by atoms with Gasteiger partial charge in [0.2, 0.25) is 0 Å². The van der Waals surface area contributed by atoms with Crippen LogP contribution in [0.15, 0.2) is 27.9 Å². The van der Waals surface area contributed by atoms with E-state index in [1.165, 1.54) is 5.00 Å². The Morgan fingerprint density at radius 3 is 2.56 bits per heavy atom. The molecule has 0 saturated carbocycles. The van der Waals surface area contributed by atoms with Crippen molar-refractivity contribution in [2.75, 3.05) is 37.6 Å². The van der Waals surface area contributed by atoms with Crippen LogP contribution in [0.1, 0.15) is 17.6 Å². The molecule has 11 heteroatoms. The van der Waals surface area contributed by atoms with E-state index in [2.05, 4.69) is 36.5 Å². The summed E-state index contributed by atoms with van der Waals surface area (Å²) in [4.78, 5) is 12.6. The Bertz CT molecular complexity index is 725. The van der Waals surface area contributed by atoms with Gasteiger partial charge in [0.25, 0.3) is 0 Å². The summed E-state index contributed by atoms with van der Waals surface area (Å²) in [6.07, 6.45) is -4.40. The summed E-state index contributed by atoms with van der Waals surface area (Å²) in [7, 11) is 0. The van der Waals surface area contributed by atoms with E-state index in [1.807, 2.05) is 13.0 Å². The predicted octanol–water partition coefficient (Wildman–Crippen LogP) is 4.13. The third-order valence-corrected chi connectivity index (χ3v) is 5.70. The Morgan fingerprint density at radius 2 is 2.00 bits per heavy atom. The highest BCUT2D eigenvalue weighted by molar-refractivity contribution is 14.0. The Hall–Kier alpha value is -1.08. The summed E-state index contributed by atoms with van der Waals surface area (Å²) in [5.74, 6) is 0.724. The molecule has 3 rings (SSSR count). The second kappa shape index (κ2) is 9.92. The number of nitrogens with one attached hydrogen (secondary N) is 1. The first kappa shape index (κ1) is 22.2. The Balaban J connectivity index is 0.00000261. The highest BCUT2D eigenvalue weighted by Crippen LogP contribution is 2.30. The number of thiazole rings is 1. The lowest BCUT2D eigenvalue weighted by atomic mass is 10.3. The summed E-state index contributed by atoms with van der Waals surface area (Å²) >= 11 is 2.71. The van der Waals surface area contributed by atoms with Gasteiger partial charge in [-0.1, -0.05) is 0 Å². The smallest absolute Gasteiger partial charge is 0.360 e. The van der Waals surface area contributed by atoms with E-state index in [0.29, 0.717) is 11.6 Å². The molecular formula is C16H21F3IN5S2. The molecule has 1 fully saturated rings. The Labute approximate surface area is 181 Å². The molecule has 0 atom stereocenters. The predicted molar refractivity (Wildman–Crippen MR) is 115 cm³/mol. The maximum absolute atomic E-state index is 12.6. The number of nitrogens with zero attached hydrogens (tertiary/aromatic N) is 4. The third-order valence-electron chi connectivity index (χ3n) is 3.94. The van der Waals surface area contributed by atoms with Gasteiger partial charge in [-0.15, -0.1) is 46.7 Å². The minimum atomic E-state index is -4.40. The fourth-order valence-electron chi connectivity index (χ4n) is 2.67. The molecule has 27 heavy (non-hydrogen) atoms. The van der Waals surface area contributed by atoms with E-state index in [1.54, 1.807) is 11.3 Å². The SMILES string of the molecule is CCNC(=NCc1nc(C(F)(F)F)cs1)N1CCN(c2cccs2)CC1.I. The lowest BCUT2D eigenvalue weighted by Crippen LogP contribution is -2.52. The molecule has 150 valence electrons. The van der Waals surface area contributed by atoms with Crippen molar-refractivity contribution in [3.8, 4) is 0 Å². The van der Waals surface area contributed by atoms with Crippen molar-refractivity contribution in [1.82, 2.24) is 15.2 Å². The molecule has 1 saturated heterocycles. The normalized spacial score (nSPS) is 15.6.